The molecule has 0 aliphatic heterocycles. The van der Waals surface area contributed by atoms with Crippen molar-refractivity contribution in [2.24, 2.45) is 0 Å². The Morgan fingerprint density at radius 2 is 0.906 bits per heavy atom. The number of carbonyl (C=O) groups excluding carboxylic acids is 1. The highest BCUT2D eigenvalue weighted by atomic mass is 16.5. The molecule has 190 valence electrons. The van der Waals surface area contributed by atoms with Gasteiger partial charge in [-0.1, -0.05) is 142 Å². The molecule has 0 radical (unpaired) electrons. The van der Waals surface area contributed by atoms with Gasteiger partial charge in [-0.15, -0.1) is 0 Å². The van der Waals surface area contributed by atoms with Crippen molar-refractivity contribution in [1.82, 2.24) is 0 Å². The van der Waals surface area contributed by atoms with Crippen LogP contribution in [0.5, 0.6) is 0 Å². The molecule has 0 rings (SSSR count). The summed E-state index contributed by atoms with van der Waals surface area (Å²) in [6.45, 7) is 5.15. The van der Waals surface area contributed by atoms with E-state index in [0.717, 1.165) is 19.3 Å². The Kier molecular flexibility index (Phi) is 27.5. The molecule has 0 unspecified atom stereocenters. The average Bonchev–Trinajstić information content (AvgIpc) is 2.80. The lowest BCUT2D eigenvalue weighted by molar-refractivity contribution is -0.143. The van der Waals surface area contributed by atoms with Gasteiger partial charge >= 0.3 is 5.97 Å². The smallest absolute Gasteiger partial charge is 0.305 e. The molecule has 0 aromatic rings. The lowest BCUT2D eigenvalue weighted by Gasteiger charge is -2.05. The maximum Gasteiger partial charge on any atom is 0.305 e. The normalized spacial score (nSPS) is 11.4. The lowest BCUT2D eigenvalue weighted by atomic mass is 10.0. The van der Waals surface area contributed by atoms with Gasteiger partial charge in [-0.25, -0.2) is 0 Å². The second-order valence-corrected chi connectivity index (χ2v) is 9.74. The highest BCUT2D eigenvalue weighted by Gasteiger charge is 2.02. The molecule has 0 bridgehead atoms. The van der Waals surface area contributed by atoms with Crippen molar-refractivity contribution in [3.05, 3.63) is 12.2 Å². The van der Waals surface area contributed by atoms with Gasteiger partial charge in [0, 0.05) is 6.42 Å². The van der Waals surface area contributed by atoms with Gasteiger partial charge in [-0.3, -0.25) is 4.79 Å². The molecule has 0 N–H and O–H groups in total. The Hall–Kier alpha value is -0.790. The third-order valence-corrected chi connectivity index (χ3v) is 6.40. The molecule has 0 fully saturated rings. The molecule has 0 amide bonds. The van der Waals surface area contributed by atoms with Crippen LogP contribution < -0.4 is 0 Å². The van der Waals surface area contributed by atoms with E-state index in [-0.39, 0.29) is 5.97 Å². The molecule has 0 aliphatic rings. The van der Waals surface area contributed by atoms with Crippen molar-refractivity contribution >= 4 is 5.97 Å². The average molecular weight is 451 g/mol. The zero-order valence-electron chi connectivity index (χ0n) is 22.1. The topological polar surface area (TPSA) is 26.3 Å². The summed E-state index contributed by atoms with van der Waals surface area (Å²) in [7, 11) is 0. The summed E-state index contributed by atoms with van der Waals surface area (Å²) in [5, 5.41) is 0. The van der Waals surface area contributed by atoms with Gasteiger partial charge in [-0.2, -0.15) is 0 Å². The standard InChI is InChI=1S/C30H58O2/c1-3-5-7-9-11-13-15-16-17-19-21-23-25-27-29-32-30(31)28-26-24-22-20-18-14-12-10-8-6-4-2/h10,12H,3-9,11,13-29H2,1-2H3/b12-10+. The van der Waals surface area contributed by atoms with Crippen molar-refractivity contribution in [1.29, 1.82) is 0 Å². The molecule has 0 aliphatic carbocycles. The molecule has 2 heteroatoms. The maximum atomic E-state index is 11.8. The van der Waals surface area contributed by atoms with Crippen LogP contribution in [0.2, 0.25) is 0 Å². The number of esters is 1. The van der Waals surface area contributed by atoms with Crippen LogP contribution in [0.25, 0.3) is 0 Å². The second-order valence-electron chi connectivity index (χ2n) is 9.74. The summed E-state index contributed by atoms with van der Waals surface area (Å²) in [4.78, 5) is 11.8. The van der Waals surface area contributed by atoms with Gasteiger partial charge in [0.2, 0.25) is 0 Å². The summed E-state index contributed by atoms with van der Waals surface area (Å²) in [6.07, 6.45) is 35.3. The minimum absolute atomic E-state index is 0.0125. The van der Waals surface area contributed by atoms with Crippen molar-refractivity contribution in [3.63, 3.8) is 0 Å². The van der Waals surface area contributed by atoms with Crippen LogP contribution in [0.3, 0.4) is 0 Å². The van der Waals surface area contributed by atoms with E-state index in [2.05, 4.69) is 26.0 Å². The number of hydrogen-bond donors (Lipinski definition) is 0. The second kappa shape index (κ2) is 28.2. The zero-order valence-corrected chi connectivity index (χ0v) is 22.1. The van der Waals surface area contributed by atoms with Gasteiger partial charge in [-0.05, 0) is 32.1 Å². The van der Waals surface area contributed by atoms with E-state index in [1.807, 2.05) is 0 Å². The number of ether oxygens (including phenoxy) is 1. The van der Waals surface area contributed by atoms with E-state index in [0.29, 0.717) is 13.0 Å². The van der Waals surface area contributed by atoms with E-state index in [4.69, 9.17) is 4.74 Å². The zero-order chi connectivity index (χ0) is 23.4. The van der Waals surface area contributed by atoms with Crippen LogP contribution in [0, 0.1) is 0 Å². The monoisotopic (exact) mass is 450 g/mol. The fourth-order valence-corrected chi connectivity index (χ4v) is 4.17. The number of hydrogen-bond acceptors (Lipinski definition) is 2. The van der Waals surface area contributed by atoms with Gasteiger partial charge in [0.15, 0.2) is 0 Å². The van der Waals surface area contributed by atoms with Crippen LogP contribution in [-0.2, 0) is 9.53 Å². The van der Waals surface area contributed by atoms with E-state index in [9.17, 15) is 4.79 Å². The van der Waals surface area contributed by atoms with Crippen LogP contribution in [0.1, 0.15) is 168 Å². The van der Waals surface area contributed by atoms with Crippen molar-refractivity contribution in [2.75, 3.05) is 6.61 Å². The summed E-state index contributed by atoms with van der Waals surface area (Å²) < 4.78 is 5.39. The lowest BCUT2D eigenvalue weighted by Crippen LogP contribution is -2.05. The first-order chi connectivity index (χ1) is 15.8. The van der Waals surface area contributed by atoms with Gasteiger partial charge < -0.3 is 4.74 Å². The van der Waals surface area contributed by atoms with Crippen LogP contribution in [-0.4, -0.2) is 12.6 Å². The predicted octanol–water partition coefficient (Wildman–Crippen LogP) is 10.5. The Balaban J connectivity index is 3.17. The first kappa shape index (κ1) is 31.2. The molecular weight excluding hydrogens is 392 g/mol. The van der Waals surface area contributed by atoms with Crippen LogP contribution in [0.4, 0.5) is 0 Å². The molecular formula is C30H58O2. The molecule has 0 spiro atoms. The Bertz CT molecular complexity index is 388. The summed E-state index contributed by atoms with van der Waals surface area (Å²) in [5.74, 6) is 0.0125. The predicted molar refractivity (Wildman–Crippen MR) is 142 cm³/mol. The summed E-state index contributed by atoms with van der Waals surface area (Å²) >= 11 is 0. The molecule has 0 atom stereocenters. The molecule has 2 nitrogen and oxygen atoms in total. The fraction of sp³-hybridized carbons (Fsp3) is 0.900. The SMILES string of the molecule is CCCC/C=C/CCCCCCCC(=O)OCCCCCCCCCCCCCCCC. The van der Waals surface area contributed by atoms with E-state index >= 15 is 0 Å². The summed E-state index contributed by atoms with van der Waals surface area (Å²) in [5.41, 5.74) is 0. The quantitative estimate of drug-likeness (QED) is 0.0744. The molecule has 0 saturated heterocycles. The molecule has 0 aromatic heterocycles. The first-order valence-electron chi connectivity index (χ1n) is 14.6. The minimum Gasteiger partial charge on any atom is -0.466 e. The van der Waals surface area contributed by atoms with Gasteiger partial charge in [0.25, 0.3) is 0 Å². The molecule has 0 aromatic carbocycles. The van der Waals surface area contributed by atoms with E-state index in [1.165, 1.54) is 128 Å². The maximum absolute atomic E-state index is 11.8. The highest BCUT2D eigenvalue weighted by Crippen LogP contribution is 2.13. The van der Waals surface area contributed by atoms with Crippen molar-refractivity contribution in [2.45, 2.75) is 168 Å². The van der Waals surface area contributed by atoms with Gasteiger partial charge in [0.1, 0.15) is 0 Å². The van der Waals surface area contributed by atoms with Crippen molar-refractivity contribution in [3.8, 4) is 0 Å². The Labute approximate surface area is 202 Å². The first-order valence-corrected chi connectivity index (χ1v) is 14.6. The largest absolute Gasteiger partial charge is 0.466 e. The van der Waals surface area contributed by atoms with E-state index in [1.54, 1.807) is 0 Å². The van der Waals surface area contributed by atoms with Crippen LogP contribution in [0.15, 0.2) is 12.2 Å². The summed E-state index contributed by atoms with van der Waals surface area (Å²) in [6, 6.07) is 0. The number of allylic oxidation sites excluding steroid dienone is 2. The van der Waals surface area contributed by atoms with Gasteiger partial charge in [0.05, 0.1) is 6.61 Å². The van der Waals surface area contributed by atoms with Crippen molar-refractivity contribution < 1.29 is 9.53 Å². The third-order valence-electron chi connectivity index (χ3n) is 6.40. The molecule has 32 heavy (non-hydrogen) atoms. The highest BCUT2D eigenvalue weighted by molar-refractivity contribution is 5.69. The van der Waals surface area contributed by atoms with E-state index < -0.39 is 0 Å². The van der Waals surface area contributed by atoms with Crippen LogP contribution >= 0.6 is 0 Å². The molecule has 0 saturated carbocycles. The molecule has 0 heterocycles. The number of rotatable bonds is 26. The Morgan fingerprint density at radius 1 is 0.500 bits per heavy atom. The minimum atomic E-state index is 0.0125. The number of carbonyl (C=O) groups is 1. The Morgan fingerprint density at radius 3 is 1.44 bits per heavy atom. The number of unbranched alkanes of at least 4 members (excludes halogenated alkanes) is 20. The third kappa shape index (κ3) is 27.2. The fourth-order valence-electron chi connectivity index (χ4n) is 4.17.